The van der Waals surface area contributed by atoms with E-state index in [1.165, 1.54) is 36.1 Å². The van der Waals surface area contributed by atoms with Crippen LogP contribution in [-0.4, -0.2) is 38.8 Å². The first-order chi connectivity index (χ1) is 13.5. The van der Waals surface area contributed by atoms with Gasteiger partial charge in [-0.1, -0.05) is 35.5 Å². The fourth-order valence-corrected chi connectivity index (χ4v) is 4.37. The third-order valence-corrected chi connectivity index (χ3v) is 5.90. The SMILES string of the molecule is CC(=O)NCCc1nnc(SCC(=O)c2ccc(Cl)s2)n1-c1ccccc1F. The van der Waals surface area contributed by atoms with Gasteiger partial charge in [-0.3, -0.25) is 14.2 Å². The first-order valence-corrected chi connectivity index (χ1v) is 10.5. The second-order valence-electron chi connectivity index (χ2n) is 5.73. The van der Waals surface area contributed by atoms with E-state index in [-0.39, 0.29) is 17.4 Å². The summed E-state index contributed by atoms with van der Waals surface area (Å²) in [5.41, 5.74) is 0.291. The third-order valence-electron chi connectivity index (χ3n) is 3.70. The molecule has 1 amide bonds. The lowest BCUT2D eigenvalue weighted by molar-refractivity contribution is -0.118. The van der Waals surface area contributed by atoms with Crippen LogP contribution in [0.2, 0.25) is 4.34 Å². The lowest BCUT2D eigenvalue weighted by Gasteiger charge is -2.11. The molecule has 0 aliphatic rings. The van der Waals surface area contributed by atoms with E-state index in [9.17, 15) is 14.0 Å². The van der Waals surface area contributed by atoms with Crippen LogP contribution < -0.4 is 5.32 Å². The van der Waals surface area contributed by atoms with Gasteiger partial charge < -0.3 is 5.32 Å². The number of para-hydroxylation sites is 1. The number of benzene rings is 1. The lowest BCUT2D eigenvalue weighted by atomic mass is 10.3. The smallest absolute Gasteiger partial charge is 0.216 e. The summed E-state index contributed by atoms with van der Waals surface area (Å²) in [4.78, 5) is 24.0. The van der Waals surface area contributed by atoms with Crippen LogP contribution in [0.15, 0.2) is 41.6 Å². The predicted molar refractivity (Wildman–Crippen MR) is 108 cm³/mol. The summed E-state index contributed by atoms with van der Waals surface area (Å²) in [5, 5.41) is 11.3. The number of rotatable bonds is 8. The van der Waals surface area contributed by atoms with Crippen LogP contribution in [0.5, 0.6) is 0 Å². The summed E-state index contributed by atoms with van der Waals surface area (Å²) >= 11 is 8.27. The topological polar surface area (TPSA) is 76.9 Å². The summed E-state index contributed by atoms with van der Waals surface area (Å²) in [7, 11) is 0. The molecule has 3 aromatic rings. The van der Waals surface area contributed by atoms with E-state index in [4.69, 9.17) is 11.6 Å². The Morgan fingerprint density at radius 3 is 2.71 bits per heavy atom. The molecule has 0 aliphatic carbocycles. The Morgan fingerprint density at radius 1 is 1.25 bits per heavy atom. The number of aromatic nitrogens is 3. The van der Waals surface area contributed by atoms with Gasteiger partial charge in [0.2, 0.25) is 5.91 Å². The lowest BCUT2D eigenvalue weighted by Crippen LogP contribution is -2.23. The Morgan fingerprint density at radius 2 is 2.04 bits per heavy atom. The third kappa shape index (κ3) is 4.98. The summed E-state index contributed by atoms with van der Waals surface area (Å²) in [6.07, 6.45) is 0.371. The monoisotopic (exact) mass is 438 g/mol. The van der Waals surface area contributed by atoms with Crippen LogP contribution in [0.25, 0.3) is 5.69 Å². The summed E-state index contributed by atoms with van der Waals surface area (Å²) in [5.74, 6) is -0.0689. The molecular weight excluding hydrogens is 423 g/mol. The van der Waals surface area contributed by atoms with Crippen molar-refractivity contribution in [2.75, 3.05) is 12.3 Å². The normalized spacial score (nSPS) is 10.8. The van der Waals surface area contributed by atoms with E-state index >= 15 is 0 Å². The second-order valence-corrected chi connectivity index (χ2v) is 8.39. The van der Waals surface area contributed by atoms with Crippen LogP contribution in [0.3, 0.4) is 0 Å². The van der Waals surface area contributed by atoms with Gasteiger partial charge in [-0.25, -0.2) is 4.39 Å². The number of nitrogens with one attached hydrogen (secondary N) is 1. The van der Waals surface area contributed by atoms with Gasteiger partial charge in [0, 0.05) is 19.9 Å². The number of thiophene rings is 1. The van der Waals surface area contributed by atoms with Gasteiger partial charge in [0.05, 0.1) is 20.7 Å². The number of amides is 1. The zero-order chi connectivity index (χ0) is 20.1. The first-order valence-electron chi connectivity index (χ1n) is 8.30. The van der Waals surface area contributed by atoms with Crippen molar-refractivity contribution in [2.24, 2.45) is 0 Å². The van der Waals surface area contributed by atoms with Gasteiger partial charge in [-0.15, -0.1) is 21.5 Å². The summed E-state index contributed by atoms with van der Waals surface area (Å²) in [6.45, 7) is 1.77. The number of ketones is 1. The molecule has 3 rings (SSSR count). The second kappa shape index (κ2) is 9.31. The Kier molecular flexibility index (Phi) is 6.82. The maximum absolute atomic E-state index is 14.4. The standard InChI is InChI=1S/C18H16ClFN4O2S2/c1-11(25)21-9-8-17-22-23-18(24(17)13-5-3-2-4-12(13)20)27-10-14(26)15-6-7-16(19)28-15/h2-7H,8-10H2,1H3,(H,21,25). The van der Waals surface area contributed by atoms with Crippen molar-refractivity contribution >= 4 is 46.4 Å². The summed E-state index contributed by atoms with van der Waals surface area (Å²) in [6, 6.07) is 9.62. The van der Waals surface area contributed by atoms with E-state index in [0.717, 1.165) is 0 Å². The average molecular weight is 439 g/mol. The zero-order valence-electron chi connectivity index (χ0n) is 14.8. The fourth-order valence-electron chi connectivity index (χ4n) is 2.45. The first kappa shape index (κ1) is 20.5. The van der Waals surface area contributed by atoms with E-state index in [1.54, 1.807) is 34.9 Å². The molecule has 0 atom stereocenters. The van der Waals surface area contributed by atoms with Crippen LogP contribution in [0.1, 0.15) is 22.4 Å². The zero-order valence-corrected chi connectivity index (χ0v) is 17.2. The van der Waals surface area contributed by atoms with Crippen molar-refractivity contribution in [2.45, 2.75) is 18.5 Å². The highest BCUT2D eigenvalue weighted by atomic mass is 35.5. The van der Waals surface area contributed by atoms with Gasteiger partial charge in [-0.05, 0) is 24.3 Å². The van der Waals surface area contributed by atoms with Crippen molar-refractivity contribution in [1.29, 1.82) is 0 Å². The van der Waals surface area contributed by atoms with Crippen molar-refractivity contribution in [3.63, 3.8) is 0 Å². The number of thioether (sulfide) groups is 1. The Hall–Kier alpha value is -2.23. The molecule has 0 radical (unpaired) electrons. The van der Waals surface area contributed by atoms with Gasteiger partial charge in [0.15, 0.2) is 10.9 Å². The highest BCUT2D eigenvalue weighted by molar-refractivity contribution is 7.99. The quantitative estimate of drug-likeness (QED) is 0.428. The maximum atomic E-state index is 14.4. The van der Waals surface area contributed by atoms with Crippen molar-refractivity contribution < 1.29 is 14.0 Å². The number of halogens is 2. The van der Waals surface area contributed by atoms with Crippen molar-refractivity contribution in [3.8, 4) is 5.69 Å². The van der Waals surface area contributed by atoms with Crippen LogP contribution in [-0.2, 0) is 11.2 Å². The minimum atomic E-state index is -0.429. The van der Waals surface area contributed by atoms with Crippen LogP contribution in [0.4, 0.5) is 4.39 Å². The molecule has 0 unspecified atom stereocenters. The van der Waals surface area contributed by atoms with E-state index in [1.807, 2.05) is 0 Å². The average Bonchev–Trinajstić information content (AvgIpc) is 3.26. The molecule has 0 aliphatic heterocycles. The molecule has 6 nitrogen and oxygen atoms in total. The molecule has 0 saturated carbocycles. The summed E-state index contributed by atoms with van der Waals surface area (Å²) < 4.78 is 16.5. The molecular formula is C18H16ClFN4O2S2. The van der Waals surface area contributed by atoms with E-state index < -0.39 is 5.82 Å². The molecule has 2 aromatic heterocycles. The van der Waals surface area contributed by atoms with Gasteiger partial charge >= 0.3 is 0 Å². The van der Waals surface area contributed by atoms with Crippen LogP contribution >= 0.6 is 34.7 Å². The number of carbonyl (C=O) groups excluding carboxylic acids is 2. The minimum Gasteiger partial charge on any atom is -0.356 e. The highest BCUT2D eigenvalue weighted by Gasteiger charge is 2.19. The van der Waals surface area contributed by atoms with Gasteiger partial charge in [-0.2, -0.15) is 0 Å². The van der Waals surface area contributed by atoms with E-state index in [0.29, 0.717) is 38.8 Å². The number of hydrogen-bond acceptors (Lipinski definition) is 6. The molecule has 0 spiro atoms. The Labute approximate surface area is 174 Å². The molecule has 0 bridgehead atoms. The number of nitrogens with zero attached hydrogens (tertiary/aromatic N) is 3. The molecule has 28 heavy (non-hydrogen) atoms. The fraction of sp³-hybridized carbons (Fsp3) is 0.222. The highest BCUT2D eigenvalue weighted by Crippen LogP contribution is 2.27. The van der Waals surface area contributed by atoms with E-state index in [2.05, 4.69) is 15.5 Å². The van der Waals surface area contributed by atoms with Gasteiger partial charge in [0.1, 0.15) is 11.6 Å². The van der Waals surface area contributed by atoms with Crippen molar-refractivity contribution in [1.82, 2.24) is 20.1 Å². The Balaban J connectivity index is 1.83. The van der Waals surface area contributed by atoms with Gasteiger partial charge in [0.25, 0.3) is 0 Å². The largest absolute Gasteiger partial charge is 0.356 e. The molecule has 1 N–H and O–H groups in total. The molecule has 1 aromatic carbocycles. The number of carbonyl (C=O) groups is 2. The van der Waals surface area contributed by atoms with Crippen LogP contribution in [0, 0.1) is 5.82 Å². The molecule has 0 saturated heterocycles. The molecule has 0 fully saturated rings. The molecule has 146 valence electrons. The number of Topliss-reactive ketones (excluding diaryl/α,β-unsaturated/α-hetero) is 1. The minimum absolute atomic E-state index is 0.0928. The molecule has 10 heteroatoms. The number of hydrogen-bond donors (Lipinski definition) is 1. The van der Waals surface area contributed by atoms with Crippen molar-refractivity contribution in [3.05, 3.63) is 57.3 Å². The molecule has 2 heterocycles. The maximum Gasteiger partial charge on any atom is 0.216 e. The predicted octanol–water partition coefficient (Wildman–Crippen LogP) is 3.77. The Bertz CT molecular complexity index is 1010.